The molecule has 5 nitrogen and oxygen atoms in total. The fraction of sp³-hybridized carbons (Fsp3) is 0.200. The van der Waals surface area contributed by atoms with E-state index in [1.807, 2.05) is 20.2 Å². The number of nitrogens with zero attached hydrogens (tertiary/aromatic N) is 3. The molecule has 0 saturated heterocycles. The Morgan fingerprint density at radius 3 is 2.62 bits per heavy atom. The van der Waals surface area contributed by atoms with Crippen LogP contribution in [0.3, 0.4) is 0 Å². The minimum Gasteiger partial charge on any atom is -0.423 e. The van der Waals surface area contributed by atoms with Gasteiger partial charge in [0.25, 0.3) is 0 Å². The summed E-state index contributed by atoms with van der Waals surface area (Å²) in [6, 6.07) is 6.47. The van der Waals surface area contributed by atoms with E-state index in [-0.39, 0.29) is 5.46 Å². The smallest absolute Gasteiger partial charge is 0.423 e. The van der Waals surface area contributed by atoms with Crippen molar-refractivity contribution in [1.29, 1.82) is 5.26 Å². The number of benzene rings is 1. The van der Waals surface area contributed by atoms with Gasteiger partial charge in [-0.2, -0.15) is 5.26 Å². The van der Waals surface area contributed by atoms with Crippen LogP contribution in [0.1, 0.15) is 5.56 Å². The molecule has 1 aromatic rings. The summed E-state index contributed by atoms with van der Waals surface area (Å²) in [7, 11) is 2.07. The summed E-state index contributed by atoms with van der Waals surface area (Å²) in [6.07, 6.45) is 1.57. The van der Waals surface area contributed by atoms with Crippen LogP contribution in [0, 0.1) is 11.3 Å². The summed E-state index contributed by atoms with van der Waals surface area (Å²) in [5.74, 6) is 0. The van der Waals surface area contributed by atoms with Gasteiger partial charge >= 0.3 is 7.12 Å². The van der Waals surface area contributed by atoms with Crippen molar-refractivity contribution < 1.29 is 10.0 Å². The molecule has 0 aliphatic heterocycles. The van der Waals surface area contributed by atoms with Gasteiger partial charge in [0.2, 0.25) is 0 Å². The van der Waals surface area contributed by atoms with Gasteiger partial charge in [0, 0.05) is 14.1 Å². The number of nitriles is 1. The fourth-order valence-electron chi connectivity index (χ4n) is 1.09. The topological polar surface area (TPSA) is 79.8 Å². The molecule has 16 heavy (non-hydrogen) atoms. The summed E-state index contributed by atoms with van der Waals surface area (Å²) in [6.45, 7) is 0. The first kappa shape index (κ1) is 12.2. The minimum atomic E-state index is -1.57. The van der Waals surface area contributed by atoms with Crippen LogP contribution in [0.2, 0.25) is 0 Å². The number of aliphatic imine (C=N–C) groups is 1. The van der Waals surface area contributed by atoms with Gasteiger partial charge in [0.05, 0.1) is 17.6 Å². The monoisotopic (exact) mass is 217 g/mol. The molecule has 0 aromatic heterocycles. The molecular weight excluding hydrogens is 205 g/mol. The molecule has 0 atom stereocenters. The Bertz CT molecular complexity index is 438. The maximum Gasteiger partial charge on any atom is 0.488 e. The van der Waals surface area contributed by atoms with Crippen LogP contribution < -0.4 is 5.46 Å². The lowest BCUT2D eigenvalue weighted by molar-refractivity contribution is 0.426. The first-order valence-corrected chi connectivity index (χ1v) is 4.65. The zero-order valence-electron chi connectivity index (χ0n) is 9.12. The summed E-state index contributed by atoms with van der Waals surface area (Å²) in [4.78, 5) is 5.84. The van der Waals surface area contributed by atoms with Crippen LogP contribution in [0.15, 0.2) is 23.2 Å². The largest absolute Gasteiger partial charge is 0.488 e. The van der Waals surface area contributed by atoms with Crippen molar-refractivity contribution in [3.05, 3.63) is 23.8 Å². The molecule has 0 aliphatic rings. The molecule has 0 spiro atoms. The molecule has 1 rings (SSSR count). The Morgan fingerprint density at radius 1 is 1.44 bits per heavy atom. The third kappa shape index (κ3) is 3.09. The van der Waals surface area contributed by atoms with E-state index >= 15 is 0 Å². The van der Waals surface area contributed by atoms with Crippen molar-refractivity contribution in [2.75, 3.05) is 14.1 Å². The highest BCUT2D eigenvalue weighted by Gasteiger charge is 2.12. The Labute approximate surface area is 94.4 Å². The predicted molar refractivity (Wildman–Crippen MR) is 62.8 cm³/mol. The number of rotatable bonds is 3. The molecule has 1 aromatic carbocycles. The van der Waals surface area contributed by atoms with E-state index in [0.29, 0.717) is 11.3 Å². The predicted octanol–water partition coefficient (Wildman–Crippen LogP) is -0.541. The second-order valence-corrected chi connectivity index (χ2v) is 3.47. The van der Waals surface area contributed by atoms with Crippen molar-refractivity contribution in [2.45, 2.75) is 0 Å². The molecule has 0 amide bonds. The summed E-state index contributed by atoms with van der Waals surface area (Å²) < 4.78 is 0. The average molecular weight is 217 g/mol. The number of hydrogen-bond acceptors (Lipinski definition) is 4. The highest BCUT2D eigenvalue weighted by atomic mass is 16.4. The Balaban J connectivity index is 3.08. The van der Waals surface area contributed by atoms with Crippen molar-refractivity contribution in [3.8, 4) is 6.07 Å². The average Bonchev–Trinajstić information content (AvgIpc) is 2.25. The van der Waals surface area contributed by atoms with Gasteiger partial charge in [-0.3, -0.25) is 0 Å². The van der Waals surface area contributed by atoms with E-state index in [0.717, 1.165) is 0 Å². The van der Waals surface area contributed by atoms with E-state index in [2.05, 4.69) is 4.99 Å². The van der Waals surface area contributed by atoms with Gasteiger partial charge in [-0.1, -0.05) is 6.07 Å². The van der Waals surface area contributed by atoms with Gasteiger partial charge in [0.1, 0.15) is 6.07 Å². The van der Waals surface area contributed by atoms with Crippen molar-refractivity contribution in [2.24, 2.45) is 4.99 Å². The quantitative estimate of drug-likeness (QED) is 0.404. The van der Waals surface area contributed by atoms with E-state index < -0.39 is 7.12 Å². The molecule has 0 radical (unpaired) electrons. The molecule has 0 bridgehead atoms. The van der Waals surface area contributed by atoms with Crippen LogP contribution >= 0.6 is 0 Å². The summed E-state index contributed by atoms with van der Waals surface area (Å²) in [5, 5.41) is 26.8. The van der Waals surface area contributed by atoms with Crippen molar-refractivity contribution in [1.82, 2.24) is 4.90 Å². The standard InChI is InChI=1S/C10H12BN3O2/c1-14(2)7-13-10-4-3-9(11(15)16)5-8(10)6-12/h3-5,7,15-16H,1-2H3/b13-7+. The van der Waals surface area contributed by atoms with Gasteiger partial charge in [0.15, 0.2) is 0 Å². The Kier molecular flexibility index (Phi) is 4.06. The Hall–Kier alpha value is -1.84. The van der Waals surface area contributed by atoms with E-state index in [1.165, 1.54) is 12.1 Å². The van der Waals surface area contributed by atoms with Gasteiger partial charge in [-0.05, 0) is 17.6 Å². The lowest BCUT2D eigenvalue weighted by atomic mass is 9.79. The molecule has 0 fully saturated rings. The van der Waals surface area contributed by atoms with E-state index in [4.69, 9.17) is 15.3 Å². The minimum absolute atomic E-state index is 0.278. The summed E-state index contributed by atoms with van der Waals surface area (Å²) in [5.41, 5.74) is 1.09. The number of hydrogen-bond donors (Lipinski definition) is 2. The zero-order chi connectivity index (χ0) is 12.1. The summed E-state index contributed by atoms with van der Waals surface area (Å²) >= 11 is 0. The van der Waals surface area contributed by atoms with Crippen LogP contribution in [0.4, 0.5) is 5.69 Å². The SMILES string of the molecule is CN(C)/C=N/c1ccc(B(O)O)cc1C#N. The van der Waals surface area contributed by atoms with Crippen LogP contribution in [0.25, 0.3) is 0 Å². The zero-order valence-corrected chi connectivity index (χ0v) is 9.12. The Morgan fingerprint density at radius 2 is 2.12 bits per heavy atom. The van der Waals surface area contributed by atoms with Crippen molar-refractivity contribution >= 4 is 24.6 Å². The fourth-order valence-corrected chi connectivity index (χ4v) is 1.09. The van der Waals surface area contributed by atoms with Crippen LogP contribution in [-0.4, -0.2) is 42.5 Å². The maximum absolute atomic E-state index is 8.95. The third-order valence-electron chi connectivity index (χ3n) is 1.87. The van der Waals surface area contributed by atoms with Crippen LogP contribution in [-0.2, 0) is 0 Å². The van der Waals surface area contributed by atoms with Crippen LogP contribution in [0.5, 0.6) is 0 Å². The second kappa shape index (κ2) is 5.30. The first-order valence-electron chi connectivity index (χ1n) is 4.65. The molecule has 0 saturated carbocycles. The van der Waals surface area contributed by atoms with Crippen molar-refractivity contribution in [3.63, 3.8) is 0 Å². The molecule has 6 heteroatoms. The molecule has 2 N–H and O–H groups in total. The van der Waals surface area contributed by atoms with Gasteiger partial charge in [-0.15, -0.1) is 0 Å². The highest BCUT2D eigenvalue weighted by Crippen LogP contribution is 2.15. The molecule has 0 heterocycles. The molecule has 0 aliphatic carbocycles. The van der Waals surface area contributed by atoms with E-state index in [9.17, 15) is 0 Å². The van der Waals surface area contributed by atoms with Gasteiger partial charge < -0.3 is 14.9 Å². The van der Waals surface area contributed by atoms with Gasteiger partial charge in [-0.25, -0.2) is 4.99 Å². The lowest BCUT2D eigenvalue weighted by Gasteiger charge is -2.05. The normalized spacial score (nSPS) is 10.2. The molecule has 82 valence electrons. The highest BCUT2D eigenvalue weighted by molar-refractivity contribution is 6.58. The third-order valence-corrected chi connectivity index (χ3v) is 1.87. The molecular formula is C10H12BN3O2. The molecule has 0 unspecified atom stereocenters. The maximum atomic E-state index is 8.95. The second-order valence-electron chi connectivity index (χ2n) is 3.47. The first-order chi connectivity index (χ1) is 7.54. The lowest BCUT2D eigenvalue weighted by Crippen LogP contribution is -2.29. The van der Waals surface area contributed by atoms with E-state index in [1.54, 1.807) is 17.3 Å².